The zero-order chi connectivity index (χ0) is 18.4. The van der Waals surface area contributed by atoms with Gasteiger partial charge in [0.05, 0.1) is 5.41 Å². The van der Waals surface area contributed by atoms with Gasteiger partial charge in [0, 0.05) is 38.5 Å². The standard InChI is InChI=1S/C20H29N3O2S/c1-15(24)23-13-17-19(5-6-20(17,14-23)18(25)21-2)7-9-22(10-8-19)12-16-4-3-11-26-16/h3-4,11,17H,5-10,12-14H2,1-2H3,(H,21,25)/t17-,20+/m0/s1. The van der Waals surface area contributed by atoms with E-state index >= 15 is 0 Å². The lowest BCUT2D eigenvalue weighted by Gasteiger charge is -2.44. The first-order valence-corrected chi connectivity index (χ1v) is 10.6. The molecule has 2 saturated heterocycles. The number of amides is 2. The summed E-state index contributed by atoms with van der Waals surface area (Å²) in [7, 11) is 1.74. The van der Waals surface area contributed by atoms with Gasteiger partial charge >= 0.3 is 0 Å². The zero-order valence-electron chi connectivity index (χ0n) is 15.8. The largest absolute Gasteiger partial charge is 0.359 e. The van der Waals surface area contributed by atoms with Crippen molar-refractivity contribution in [2.24, 2.45) is 16.7 Å². The number of rotatable bonds is 3. The van der Waals surface area contributed by atoms with E-state index in [-0.39, 0.29) is 22.6 Å². The second-order valence-electron chi connectivity index (χ2n) is 8.41. The molecular weight excluding hydrogens is 346 g/mol. The van der Waals surface area contributed by atoms with Gasteiger partial charge in [-0.25, -0.2) is 0 Å². The van der Waals surface area contributed by atoms with E-state index in [1.807, 2.05) is 16.2 Å². The third-order valence-electron chi connectivity index (χ3n) is 7.29. The molecule has 3 aliphatic rings. The Hall–Kier alpha value is -1.40. The van der Waals surface area contributed by atoms with Crippen molar-refractivity contribution in [3.63, 3.8) is 0 Å². The molecule has 2 atom stereocenters. The van der Waals surface area contributed by atoms with E-state index in [0.717, 1.165) is 51.9 Å². The molecule has 2 amide bonds. The Morgan fingerprint density at radius 1 is 1.27 bits per heavy atom. The van der Waals surface area contributed by atoms with Crippen molar-refractivity contribution in [1.29, 1.82) is 0 Å². The summed E-state index contributed by atoms with van der Waals surface area (Å²) < 4.78 is 0. The van der Waals surface area contributed by atoms with Crippen LogP contribution in [0.15, 0.2) is 17.5 Å². The van der Waals surface area contributed by atoms with Crippen molar-refractivity contribution in [2.75, 3.05) is 33.2 Å². The fourth-order valence-corrected chi connectivity index (χ4v) is 6.55. The molecule has 5 nitrogen and oxygen atoms in total. The number of likely N-dealkylation sites (tertiary alicyclic amines) is 2. The van der Waals surface area contributed by atoms with Crippen LogP contribution in [0.1, 0.15) is 37.5 Å². The molecule has 142 valence electrons. The lowest BCUT2D eigenvalue weighted by atomic mass is 9.65. The van der Waals surface area contributed by atoms with Crippen LogP contribution in [0, 0.1) is 16.7 Å². The number of hydrogen-bond donors (Lipinski definition) is 1. The predicted molar refractivity (Wildman–Crippen MR) is 103 cm³/mol. The van der Waals surface area contributed by atoms with Crippen LogP contribution < -0.4 is 5.32 Å². The molecule has 1 aliphatic carbocycles. The Balaban J connectivity index is 1.51. The van der Waals surface area contributed by atoms with E-state index in [2.05, 4.69) is 27.7 Å². The van der Waals surface area contributed by atoms with Crippen LogP contribution in [0.2, 0.25) is 0 Å². The van der Waals surface area contributed by atoms with Crippen molar-refractivity contribution in [2.45, 2.75) is 39.2 Å². The van der Waals surface area contributed by atoms with Crippen LogP contribution in [0.3, 0.4) is 0 Å². The van der Waals surface area contributed by atoms with Gasteiger partial charge in [0.1, 0.15) is 0 Å². The Bertz CT molecular complexity index is 681. The van der Waals surface area contributed by atoms with Gasteiger partial charge in [0.15, 0.2) is 0 Å². The monoisotopic (exact) mass is 375 g/mol. The van der Waals surface area contributed by atoms with Crippen LogP contribution in [0.25, 0.3) is 0 Å². The molecular formula is C20H29N3O2S. The summed E-state index contributed by atoms with van der Waals surface area (Å²) in [6.07, 6.45) is 4.34. The Morgan fingerprint density at radius 3 is 2.65 bits per heavy atom. The first-order chi connectivity index (χ1) is 12.5. The van der Waals surface area contributed by atoms with Gasteiger partial charge in [0.2, 0.25) is 11.8 Å². The molecule has 4 rings (SSSR count). The summed E-state index contributed by atoms with van der Waals surface area (Å²) in [5, 5.41) is 5.05. The van der Waals surface area contributed by atoms with Crippen LogP contribution in [0.4, 0.5) is 0 Å². The van der Waals surface area contributed by atoms with Gasteiger partial charge in [-0.05, 0) is 61.6 Å². The van der Waals surface area contributed by atoms with Crippen molar-refractivity contribution in [3.05, 3.63) is 22.4 Å². The van der Waals surface area contributed by atoms with E-state index < -0.39 is 0 Å². The van der Waals surface area contributed by atoms with E-state index in [9.17, 15) is 9.59 Å². The van der Waals surface area contributed by atoms with Crippen molar-refractivity contribution in [1.82, 2.24) is 15.1 Å². The molecule has 0 bridgehead atoms. The number of nitrogens with one attached hydrogen (secondary N) is 1. The van der Waals surface area contributed by atoms with Gasteiger partial charge in [-0.1, -0.05) is 6.07 Å². The molecule has 3 fully saturated rings. The summed E-state index contributed by atoms with van der Waals surface area (Å²) in [5.74, 6) is 0.555. The number of piperidine rings is 1. The van der Waals surface area contributed by atoms with Crippen LogP contribution in [-0.4, -0.2) is 54.8 Å². The molecule has 3 heterocycles. The number of nitrogens with zero attached hydrogens (tertiary/aromatic N) is 2. The maximum atomic E-state index is 12.8. The highest BCUT2D eigenvalue weighted by Crippen LogP contribution is 2.62. The molecule has 26 heavy (non-hydrogen) atoms. The maximum absolute atomic E-state index is 12.8. The van der Waals surface area contributed by atoms with Crippen molar-refractivity contribution < 1.29 is 9.59 Å². The summed E-state index contributed by atoms with van der Waals surface area (Å²) in [6.45, 7) is 6.23. The van der Waals surface area contributed by atoms with E-state index in [1.165, 1.54) is 4.88 Å². The summed E-state index contributed by atoms with van der Waals surface area (Å²) >= 11 is 1.83. The highest BCUT2D eigenvalue weighted by Gasteiger charge is 2.64. The average Bonchev–Trinajstić information content (AvgIpc) is 3.34. The Labute approximate surface area is 159 Å². The highest BCUT2D eigenvalue weighted by molar-refractivity contribution is 7.09. The minimum Gasteiger partial charge on any atom is -0.359 e. The number of hydrogen-bond acceptors (Lipinski definition) is 4. The van der Waals surface area contributed by atoms with Crippen molar-refractivity contribution >= 4 is 23.2 Å². The lowest BCUT2D eigenvalue weighted by molar-refractivity contribution is -0.133. The van der Waals surface area contributed by atoms with E-state index in [4.69, 9.17) is 0 Å². The predicted octanol–water partition coefficient (Wildman–Crippen LogP) is 2.33. The fraction of sp³-hybridized carbons (Fsp3) is 0.700. The molecule has 0 aromatic carbocycles. The molecule has 1 aromatic rings. The maximum Gasteiger partial charge on any atom is 0.228 e. The molecule has 2 aliphatic heterocycles. The molecule has 1 saturated carbocycles. The molecule has 0 unspecified atom stereocenters. The minimum absolute atomic E-state index is 0.105. The molecule has 6 heteroatoms. The quantitative estimate of drug-likeness (QED) is 0.882. The fourth-order valence-electron chi connectivity index (χ4n) is 5.80. The van der Waals surface area contributed by atoms with Crippen LogP contribution in [0.5, 0.6) is 0 Å². The first kappa shape index (κ1) is 18.0. The van der Waals surface area contributed by atoms with Gasteiger partial charge in [-0.3, -0.25) is 14.5 Å². The molecule has 1 aromatic heterocycles. The first-order valence-electron chi connectivity index (χ1n) is 9.72. The summed E-state index contributed by atoms with van der Waals surface area (Å²) in [4.78, 5) is 30.7. The van der Waals surface area contributed by atoms with Gasteiger partial charge in [-0.2, -0.15) is 0 Å². The second-order valence-corrected chi connectivity index (χ2v) is 9.44. The van der Waals surface area contributed by atoms with Gasteiger partial charge < -0.3 is 10.2 Å². The lowest BCUT2D eigenvalue weighted by Crippen LogP contribution is -2.48. The summed E-state index contributed by atoms with van der Waals surface area (Å²) in [5.41, 5.74) is -0.140. The average molecular weight is 376 g/mol. The number of carbonyl (C=O) groups excluding carboxylic acids is 2. The normalized spacial score (nSPS) is 30.5. The highest BCUT2D eigenvalue weighted by atomic mass is 32.1. The summed E-state index contributed by atoms with van der Waals surface area (Å²) in [6, 6.07) is 4.33. The minimum atomic E-state index is -0.365. The number of fused-ring (bicyclic) bond motifs is 2. The zero-order valence-corrected chi connectivity index (χ0v) is 16.6. The van der Waals surface area contributed by atoms with Crippen molar-refractivity contribution in [3.8, 4) is 0 Å². The third-order valence-corrected chi connectivity index (χ3v) is 8.15. The van der Waals surface area contributed by atoms with E-state index in [0.29, 0.717) is 12.5 Å². The Kier molecular flexibility index (Phi) is 4.59. The smallest absolute Gasteiger partial charge is 0.228 e. The van der Waals surface area contributed by atoms with Crippen LogP contribution in [-0.2, 0) is 16.1 Å². The third kappa shape index (κ3) is 2.78. The van der Waals surface area contributed by atoms with E-state index in [1.54, 1.807) is 14.0 Å². The Morgan fingerprint density at radius 2 is 2.04 bits per heavy atom. The molecule has 1 spiro atoms. The molecule has 1 N–H and O–H groups in total. The SMILES string of the molecule is CNC(=O)[C@@]12CCC3(CCN(Cc4cccs4)CC3)[C@@H]1CN(C(C)=O)C2. The number of thiophene rings is 1. The van der Waals surface area contributed by atoms with Gasteiger partial charge in [0.25, 0.3) is 0 Å². The number of carbonyl (C=O) groups is 2. The topological polar surface area (TPSA) is 52.7 Å². The van der Waals surface area contributed by atoms with Gasteiger partial charge in [-0.15, -0.1) is 11.3 Å². The second kappa shape index (κ2) is 6.64. The molecule has 0 radical (unpaired) electrons. The van der Waals surface area contributed by atoms with Crippen LogP contribution >= 0.6 is 11.3 Å².